The van der Waals surface area contributed by atoms with E-state index in [-0.39, 0.29) is 5.75 Å². The molecule has 0 bridgehead atoms. The normalized spacial score (nSPS) is 11.6. The predicted molar refractivity (Wildman–Crippen MR) is 64.7 cm³/mol. The number of aliphatic carboxylic acids is 1. The number of carboxylic acid groups (broad SMARTS) is 1. The minimum atomic E-state index is -4.40. The summed E-state index contributed by atoms with van der Waals surface area (Å²) in [5, 5.41) is 16.2. The van der Waals surface area contributed by atoms with Crippen LogP contribution in [0.4, 0.5) is 13.2 Å². The molecule has 0 saturated heterocycles. The second-order valence-corrected chi connectivity index (χ2v) is 4.65. The molecule has 2 rings (SSSR count). The zero-order valence-corrected chi connectivity index (χ0v) is 10.6. The molecule has 0 fully saturated rings. The predicted octanol–water partition coefficient (Wildman–Crippen LogP) is 2.46. The minimum Gasteiger partial charge on any atom is -0.481 e. The molecule has 0 atom stereocenters. The van der Waals surface area contributed by atoms with E-state index in [1.54, 1.807) is 0 Å². The lowest BCUT2D eigenvalue weighted by molar-refractivity contribution is -0.137. The third-order valence-corrected chi connectivity index (χ3v) is 3.24. The number of hydrogen-bond acceptors (Lipinski definition) is 4. The zero-order chi connectivity index (χ0) is 14.8. The van der Waals surface area contributed by atoms with Crippen LogP contribution in [-0.4, -0.2) is 31.6 Å². The molecule has 0 aliphatic heterocycles. The van der Waals surface area contributed by atoms with Crippen LogP contribution in [0.2, 0.25) is 0 Å². The van der Waals surface area contributed by atoms with E-state index in [0.29, 0.717) is 10.8 Å². The first-order valence-corrected chi connectivity index (χ1v) is 6.29. The van der Waals surface area contributed by atoms with Crippen LogP contribution in [-0.2, 0) is 11.0 Å². The summed E-state index contributed by atoms with van der Waals surface area (Å²) in [5.74, 6) is -1.23. The fraction of sp³-hybridized carbons (Fsp3) is 0.182. The van der Waals surface area contributed by atoms with E-state index in [2.05, 4.69) is 10.2 Å². The maximum atomic E-state index is 12.5. The third-order valence-electron chi connectivity index (χ3n) is 2.31. The van der Waals surface area contributed by atoms with Gasteiger partial charge >= 0.3 is 12.1 Å². The summed E-state index contributed by atoms with van der Waals surface area (Å²) in [6.45, 7) is 0. The average molecular weight is 303 g/mol. The van der Waals surface area contributed by atoms with Crippen molar-refractivity contribution >= 4 is 17.7 Å². The molecule has 0 aliphatic carbocycles. The molecule has 1 heterocycles. The standard InChI is InChI=1S/C11H8F3N3O2S/c12-11(13,14)7-1-3-8(4-2-7)17-6-15-16-10(17)20-5-9(18)19/h1-4,6H,5H2,(H,18,19). The first-order chi connectivity index (χ1) is 9.38. The summed E-state index contributed by atoms with van der Waals surface area (Å²) in [6, 6.07) is 4.44. The second kappa shape index (κ2) is 5.53. The Balaban J connectivity index is 2.24. The molecule has 5 nitrogen and oxygen atoms in total. The number of carboxylic acids is 1. The van der Waals surface area contributed by atoms with E-state index < -0.39 is 17.7 Å². The molecule has 1 aromatic heterocycles. The fourth-order valence-corrected chi connectivity index (χ4v) is 2.09. The van der Waals surface area contributed by atoms with Crippen molar-refractivity contribution in [2.45, 2.75) is 11.3 Å². The van der Waals surface area contributed by atoms with Gasteiger partial charge in [0, 0.05) is 5.69 Å². The summed E-state index contributed by atoms with van der Waals surface area (Å²) in [5.41, 5.74) is -0.329. The van der Waals surface area contributed by atoms with Gasteiger partial charge in [-0.3, -0.25) is 9.36 Å². The first-order valence-electron chi connectivity index (χ1n) is 5.30. The number of hydrogen-bond donors (Lipinski definition) is 1. The van der Waals surface area contributed by atoms with Gasteiger partial charge in [0.1, 0.15) is 6.33 Å². The van der Waals surface area contributed by atoms with Crippen molar-refractivity contribution < 1.29 is 23.1 Å². The first kappa shape index (κ1) is 14.4. The van der Waals surface area contributed by atoms with E-state index in [1.807, 2.05) is 0 Å². The zero-order valence-electron chi connectivity index (χ0n) is 9.83. The Labute approximate surface area is 115 Å². The molecule has 0 spiro atoms. The summed E-state index contributed by atoms with van der Waals surface area (Å²) in [4.78, 5) is 10.5. The molecule has 0 unspecified atom stereocenters. The lowest BCUT2D eigenvalue weighted by atomic mass is 10.2. The Hall–Kier alpha value is -2.03. The van der Waals surface area contributed by atoms with Gasteiger partial charge < -0.3 is 5.11 Å². The number of halogens is 3. The SMILES string of the molecule is O=C(O)CSc1nncn1-c1ccc(C(F)(F)F)cc1. The summed E-state index contributed by atoms with van der Waals surface area (Å²) < 4.78 is 38.8. The number of aromatic nitrogens is 3. The molecule has 2 aromatic rings. The Morgan fingerprint density at radius 2 is 1.95 bits per heavy atom. The monoisotopic (exact) mass is 303 g/mol. The van der Waals surface area contributed by atoms with Crippen LogP contribution in [0.1, 0.15) is 5.56 Å². The summed E-state index contributed by atoms with van der Waals surface area (Å²) in [7, 11) is 0. The van der Waals surface area contributed by atoms with Crippen LogP contribution in [0, 0.1) is 0 Å². The second-order valence-electron chi connectivity index (χ2n) is 3.71. The molecule has 1 aromatic carbocycles. The summed E-state index contributed by atoms with van der Waals surface area (Å²) in [6.07, 6.45) is -3.08. The van der Waals surface area contributed by atoms with Crippen molar-refractivity contribution in [2.24, 2.45) is 0 Å². The van der Waals surface area contributed by atoms with Crippen molar-refractivity contribution in [1.29, 1.82) is 0 Å². The lowest BCUT2D eigenvalue weighted by Crippen LogP contribution is -2.05. The third kappa shape index (κ3) is 3.29. The largest absolute Gasteiger partial charge is 0.481 e. The number of thioether (sulfide) groups is 1. The van der Waals surface area contributed by atoms with E-state index in [0.717, 1.165) is 23.9 Å². The molecule has 0 aliphatic rings. The molecule has 9 heteroatoms. The molecule has 20 heavy (non-hydrogen) atoms. The highest BCUT2D eigenvalue weighted by molar-refractivity contribution is 7.99. The smallest absolute Gasteiger partial charge is 0.416 e. The maximum Gasteiger partial charge on any atom is 0.416 e. The van der Waals surface area contributed by atoms with Crippen molar-refractivity contribution in [1.82, 2.24) is 14.8 Å². The van der Waals surface area contributed by atoms with Gasteiger partial charge in [0.25, 0.3) is 0 Å². The van der Waals surface area contributed by atoms with Crippen LogP contribution in [0.25, 0.3) is 5.69 Å². The van der Waals surface area contributed by atoms with Gasteiger partial charge in [-0.05, 0) is 24.3 Å². The van der Waals surface area contributed by atoms with E-state index >= 15 is 0 Å². The lowest BCUT2D eigenvalue weighted by Gasteiger charge is -2.09. The van der Waals surface area contributed by atoms with Crippen LogP contribution in [0.15, 0.2) is 35.7 Å². The quantitative estimate of drug-likeness (QED) is 0.879. The molecule has 106 valence electrons. The van der Waals surface area contributed by atoms with E-state index in [4.69, 9.17) is 5.11 Å². The van der Waals surface area contributed by atoms with Crippen LogP contribution < -0.4 is 0 Å². The number of carbonyl (C=O) groups is 1. The maximum absolute atomic E-state index is 12.5. The van der Waals surface area contributed by atoms with Crippen molar-refractivity contribution in [3.05, 3.63) is 36.2 Å². The number of rotatable bonds is 4. The van der Waals surface area contributed by atoms with Gasteiger partial charge in [0.15, 0.2) is 5.16 Å². The highest BCUT2D eigenvalue weighted by Crippen LogP contribution is 2.30. The molecule has 1 N–H and O–H groups in total. The van der Waals surface area contributed by atoms with Crippen LogP contribution in [0.3, 0.4) is 0 Å². The highest BCUT2D eigenvalue weighted by atomic mass is 32.2. The number of alkyl halides is 3. The number of nitrogens with zero attached hydrogens (tertiary/aromatic N) is 3. The van der Waals surface area contributed by atoms with Gasteiger partial charge in [-0.25, -0.2) is 0 Å². The van der Waals surface area contributed by atoms with Crippen molar-refractivity contribution in [3.8, 4) is 5.69 Å². The Morgan fingerprint density at radius 3 is 2.50 bits per heavy atom. The van der Waals surface area contributed by atoms with Crippen molar-refractivity contribution in [3.63, 3.8) is 0 Å². The molecular formula is C11H8F3N3O2S. The molecular weight excluding hydrogens is 295 g/mol. The van der Waals surface area contributed by atoms with E-state index in [9.17, 15) is 18.0 Å². The molecule has 0 radical (unpaired) electrons. The average Bonchev–Trinajstić information content (AvgIpc) is 2.83. The fourth-order valence-electron chi connectivity index (χ4n) is 1.44. The van der Waals surface area contributed by atoms with Crippen molar-refractivity contribution in [2.75, 3.05) is 5.75 Å². The van der Waals surface area contributed by atoms with Gasteiger partial charge in [0.05, 0.1) is 11.3 Å². The molecule has 0 amide bonds. The Morgan fingerprint density at radius 1 is 1.30 bits per heavy atom. The summed E-state index contributed by atoms with van der Waals surface area (Å²) >= 11 is 0.934. The van der Waals surface area contributed by atoms with Gasteiger partial charge in [-0.1, -0.05) is 11.8 Å². The van der Waals surface area contributed by atoms with Gasteiger partial charge in [-0.15, -0.1) is 10.2 Å². The van der Waals surface area contributed by atoms with Crippen LogP contribution >= 0.6 is 11.8 Å². The Bertz CT molecular complexity index is 610. The van der Waals surface area contributed by atoms with Gasteiger partial charge in [0.2, 0.25) is 0 Å². The minimum absolute atomic E-state index is 0.209. The highest BCUT2D eigenvalue weighted by Gasteiger charge is 2.30. The topological polar surface area (TPSA) is 68.0 Å². The van der Waals surface area contributed by atoms with E-state index in [1.165, 1.54) is 23.0 Å². The number of benzene rings is 1. The molecule has 0 saturated carbocycles. The Kier molecular flexibility index (Phi) is 3.98. The van der Waals surface area contributed by atoms with Gasteiger partial charge in [-0.2, -0.15) is 13.2 Å². The van der Waals surface area contributed by atoms with Crippen LogP contribution in [0.5, 0.6) is 0 Å².